The summed E-state index contributed by atoms with van der Waals surface area (Å²) < 4.78 is 27.2. The molecule has 6 heteroatoms. The molecule has 19 heavy (non-hydrogen) atoms. The Hall–Kier alpha value is -0.950. The number of hydrogen-bond donors (Lipinski definition) is 3. The van der Waals surface area contributed by atoms with Gasteiger partial charge in [0.15, 0.2) is 0 Å². The number of aryl methyl sites for hydroxylation is 2. The summed E-state index contributed by atoms with van der Waals surface area (Å²) in [6, 6.07) is 4.79. The van der Waals surface area contributed by atoms with Crippen LogP contribution in [0, 0.1) is 13.8 Å². The van der Waals surface area contributed by atoms with E-state index in [9.17, 15) is 13.5 Å². The zero-order valence-electron chi connectivity index (χ0n) is 11.2. The van der Waals surface area contributed by atoms with E-state index in [1.54, 1.807) is 12.1 Å². The van der Waals surface area contributed by atoms with Gasteiger partial charge < -0.3 is 10.4 Å². The molecule has 1 aromatic rings. The summed E-state index contributed by atoms with van der Waals surface area (Å²) >= 11 is 0. The van der Waals surface area contributed by atoms with E-state index in [0.29, 0.717) is 19.5 Å². The van der Waals surface area contributed by atoms with Gasteiger partial charge in [-0.05, 0) is 50.1 Å². The molecule has 1 fully saturated rings. The minimum atomic E-state index is -3.58. The number of piperidine rings is 1. The van der Waals surface area contributed by atoms with Gasteiger partial charge in [-0.15, -0.1) is 0 Å². The molecule has 0 bridgehead atoms. The molecule has 1 aromatic carbocycles. The fraction of sp³-hybridized carbons (Fsp3) is 0.538. The van der Waals surface area contributed by atoms with Gasteiger partial charge in [0.2, 0.25) is 10.0 Å². The van der Waals surface area contributed by atoms with Gasteiger partial charge in [0.05, 0.1) is 17.0 Å². The van der Waals surface area contributed by atoms with Crippen molar-refractivity contribution in [2.45, 2.75) is 37.3 Å². The SMILES string of the molecule is Cc1cc(C)cc(S(=O)(=O)N[C@@H]2CCNC[C@H]2O)c1. The first-order valence-electron chi connectivity index (χ1n) is 6.38. The molecule has 5 nitrogen and oxygen atoms in total. The molecule has 1 saturated heterocycles. The van der Waals surface area contributed by atoms with Crippen LogP contribution in [0.25, 0.3) is 0 Å². The van der Waals surface area contributed by atoms with Gasteiger partial charge in [-0.3, -0.25) is 0 Å². The topological polar surface area (TPSA) is 78.4 Å². The molecule has 0 aliphatic carbocycles. The number of hydrogen-bond acceptors (Lipinski definition) is 4. The van der Waals surface area contributed by atoms with Crippen LogP contribution in [-0.4, -0.2) is 38.8 Å². The molecule has 1 heterocycles. The number of rotatable bonds is 3. The lowest BCUT2D eigenvalue weighted by molar-refractivity contribution is 0.113. The van der Waals surface area contributed by atoms with Crippen LogP contribution in [0.3, 0.4) is 0 Å². The molecule has 0 amide bonds. The number of β-amino-alcohol motifs (C(OH)–C–C–N with tert-alkyl or cyclic N) is 1. The van der Waals surface area contributed by atoms with E-state index in [1.165, 1.54) is 0 Å². The largest absolute Gasteiger partial charge is 0.390 e. The molecule has 0 unspecified atom stereocenters. The Labute approximate surface area is 114 Å². The normalized spacial score (nSPS) is 24.4. The van der Waals surface area contributed by atoms with Crippen LogP contribution in [0.4, 0.5) is 0 Å². The Morgan fingerprint density at radius 3 is 2.47 bits per heavy atom. The predicted molar refractivity (Wildman–Crippen MR) is 73.5 cm³/mol. The molecule has 3 N–H and O–H groups in total. The van der Waals surface area contributed by atoms with Gasteiger partial charge in [-0.25, -0.2) is 13.1 Å². The molecule has 2 rings (SSSR count). The maximum atomic E-state index is 12.3. The maximum absolute atomic E-state index is 12.3. The Bertz CT molecular complexity index is 537. The summed E-state index contributed by atoms with van der Waals surface area (Å²) in [6.07, 6.45) is -0.0972. The van der Waals surface area contributed by atoms with Gasteiger partial charge in [0, 0.05) is 6.54 Å². The Morgan fingerprint density at radius 2 is 1.89 bits per heavy atom. The summed E-state index contributed by atoms with van der Waals surface area (Å²) in [4.78, 5) is 0.260. The van der Waals surface area contributed by atoms with Crippen LogP contribution in [0.1, 0.15) is 17.5 Å². The lowest BCUT2D eigenvalue weighted by Crippen LogP contribution is -2.52. The van der Waals surface area contributed by atoms with Gasteiger partial charge in [0.25, 0.3) is 0 Å². The number of nitrogens with one attached hydrogen (secondary N) is 2. The van der Waals surface area contributed by atoms with E-state index in [0.717, 1.165) is 11.1 Å². The molecule has 0 spiro atoms. The van der Waals surface area contributed by atoms with Crippen LogP contribution >= 0.6 is 0 Å². The van der Waals surface area contributed by atoms with E-state index in [2.05, 4.69) is 10.0 Å². The van der Waals surface area contributed by atoms with E-state index < -0.39 is 22.2 Å². The van der Waals surface area contributed by atoms with Crippen molar-refractivity contribution >= 4 is 10.0 Å². The summed E-state index contributed by atoms with van der Waals surface area (Å²) in [5.74, 6) is 0. The average molecular weight is 284 g/mol. The lowest BCUT2D eigenvalue weighted by atomic mass is 10.1. The highest BCUT2D eigenvalue weighted by Gasteiger charge is 2.28. The molecule has 0 saturated carbocycles. The van der Waals surface area contributed by atoms with Crippen molar-refractivity contribution < 1.29 is 13.5 Å². The summed E-state index contributed by atoms with van der Waals surface area (Å²) in [6.45, 7) is 4.86. The zero-order chi connectivity index (χ0) is 14.0. The second-order valence-corrected chi connectivity index (χ2v) is 6.83. The van der Waals surface area contributed by atoms with Crippen LogP contribution < -0.4 is 10.0 Å². The molecule has 0 radical (unpaired) electrons. The minimum Gasteiger partial charge on any atom is -0.390 e. The average Bonchev–Trinajstić information content (AvgIpc) is 2.31. The summed E-state index contributed by atoms with van der Waals surface area (Å²) in [5, 5.41) is 12.8. The first kappa shape index (κ1) is 14.5. The van der Waals surface area contributed by atoms with Gasteiger partial charge in [-0.2, -0.15) is 0 Å². The van der Waals surface area contributed by atoms with Crippen molar-refractivity contribution in [2.75, 3.05) is 13.1 Å². The first-order chi connectivity index (χ1) is 8.88. The predicted octanol–water partition coefficient (Wildman–Crippen LogP) is 0.305. The van der Waals surface area contributed by atoms with Crippen molar-refractivity contribution in [1.82, 2.24) is 10.0 Å². The van der Waals surface area contributed by atoms with Crippen molar-refractivity contribution in [1.29, 1.82) is 0 Å². The van der Waals surface area contributed by atoms with Gasteiger partial charge >= 0.3 is 0 Å². The van der Waals surface area contributed by atoms with E-state index in [-0.39, 0.29) is 4.90 Å². The molecular formula is C13H20N2O3S. The third-order valence-electron chi connectivity index (χ3n) is 3.26. The van der Waals surface area contributed by atoms with Crippen LogP contribution in [0.2, 0.25) is 0 Å². The standard InChI is InChI=1S/C13H20N2O3S/c1-9-5-10(2)7-11(6-9)19(17,18)15-12-3-4-14-8-13(12)16/h5-7,12-16H,3-4,8H2,1-2H3/t12-,13-/m1/s1. The van der Waals surface area contributed by atoms with E-state index in [4.69, 9.17) is 0 Å². The fourth-order valence-electron chi connectivity index (χ4n) is 2.33. The molecule has 0 aromatic heterocycles. The summed E-state index contributed by atoms with van der Waals surface area (Å²) in [5.41, 5.74) is 1.82. The monoisotopic (exact) mass is 284 g/mol. The molecule has 1 aliphatic rings. The minimum absolute atomic E-state index is 0.260. The van der Waals surface area contributed by atoms with Crippen molar-refractivity contribution in [2.24, 2.45) is 0 Å². The van der Waals surface area contributed by atoms with Crippen molar-refractivity contribution in [3.63, 3.8) is 0 Å². The molecule has 1 aliphatic heterocycles. The fourth-order valence-corrected chi connectivity index (χ4v) is 3.83. The van der Waals surface area contributed by atoms with Crippen LogP contribution in [-0.2, 0) is 10.0 Å². The van der Waals surface area contributed by atoms with Gasteiger partial charge in [0.1, 0.15) is 0 Å². The van der Waals surface area contributed by atoms with Crippen molar-refractivity contribution in [3.05, 3.63) is 29.3 Å². The highest BCUT2D eigenvalue weighted by molar-refractivity contribution is 7.89. The smallest absolute Gasteiger partial charge is 0.240 e. The molecule has 2 atom stereocenters. The first-order valence-corrected chi connectivity index (χ1v) is 7.86. The van der Waals surface area contributed by atoms with Crippen molar-refractivity contribution in [3.8, 4) is 0 Å². The highest BCUT2D eigenvalue weighted by atomic mass is 32.2. The third kappa shape index (κ3) is 3.54. The van der Waals surface area contributed by atoms with Crippen LogP contribution in [0.15, 0.2) is 23.1 Å². The summed E-state index contributed by atoms with van der Waals surface area (Å²) in [7, 11) is -3.58. The zero-order valence-corrected chi connectivity index (χ0v) is 12.0. The van der Waals surface area contributed by atoms with E-state index >= 15 is 0 Å². The Morgan fingerprint density at radius 1 is 1.26 bits per heavy atom. The maximum Gasteiger partial charge on any atom is 0.240 e. The number of aliphatic hydroxyl groups is 1. The highest BCUT2D eigenvalue weighted by Crippen LogP contribution is 2.16. The van der Waals surface area contributed by atoms with E-state index in [1.807, 2.05) is 19.9 Å². The molecule has 106 valence electrons. The molecular weight excluding hydrogens is 264 g/mol. The number of sulfonamides is 1. The quantitative estimate of drug-likeness (QED) is 0.746. The second-order valence-electron chi connectivity index (χ2n) is 5.11. The third-order valence-corrected chi connectivity index (χ3v) is 4.73. The van der Waals surface area contributed by atoms with Gasteiger partial charge in [-0.1, -0.05) is 6.07 Å². The lowest BCUT2D eigenvalue weighted by Gasteiger charge is -2.28. The van der Waals surface area contributed by atoms with Crippen LogP contribution in [0.5, 0.6) is 0 Å². The Kier molecular flexibility index (Phi) is 4.25. The Balaban J connectivity index is 2.22. The second kappa shape index (κ2) is 5.58. The number of aliphatic hydroxyl groups excluding tert-OH is 1. The number of benzene rings is 1.